The first-order valence-electron chi connectivity index (χ1n) is 7.74. The summed E-state index contributed by atoms with van der Waals surface area (Å²) in [4.78, 5) is 8.26. The Morgan fingerprint density at radius 3 is 2.62 bits per heavy atom. The quantitative estimate of drug-likeness (QED) is 0.566. The number of imidazole rings is 1. The molecule has 4 rings (SSSR count). The van der Waals surface area contributed by atoms with Crippen molar-refractivity contribution in [2.45, 2.75) is 6.54 Å². The molecule has 4 aromatic rings. The number of rotatable bonds is 4. The molecule has 0 fully saturated rings. The highest BCUT2D eigenvalue weighted by molar-refractivity contribution is 5.63. The molecular formula is C18H12F3N5. The maximum absolute atomic E-state index is 13.8. The zero-order valence-corrected chi connectivity index (χ0v) is 13.3. The molecule has 0 bridgehead atoms. The summed E-state index contributed by atoms with van der Waals surface area (Å²) in [6, 6.07) is 8.51. The number of nitrogens with zero attached hydrogens (tertiary/aromatic N) is 4. The van der Waals surface area contributed by atoms with Gasteiger partial charge in [-0.25, -0.2) is 22.7 Å². The second-order valence-electron chi connectivity index (χ2n) is 5.58. The van der Waals surface area contributed by atoms with Crippen LogP contribution in [0.2, 0.25) is 0 Å². The minimum Gasteiger partial charge on any atom is -0.364 e. The predicted molar refractivity (Wildman–Crippen MR) is 89.9 cm³/mol. The Labute approximate surface area is 146 Å². The molecular weight excluding hydrogens is 343 g/mol. The average Bonchev–Trinajstić information content (AvgIpc) is 3.07. The molecule has 1 aromatic carbocycles. The Hall–Kier alpha value is -3.42. The zero-order chi connectivity index (χ0) is 18.1. The van der Waals surface area contributed by atoms with Gasteiger partial charge in [0.1, 0.15) is 11.6 Å². The van der Waals surface area contributed by atoms with Crippen LogP contribution in [0.1, 0.15) is 5.56 Å². The van der Waals surface area contributed by atoms with E-state index < -0.39 is 17.5 Å². The first kappa shape index (κ1) is 16.1. The van der Waals surface area contributed by atoms with E-state index in [9.17, 15) is 13.2 Å². The van der Waals surface area contributed by atoms with Crippen LogP contribution in [0.5, 0.6) is 0 Å². The molecule has 5 nitrogen and oxygen atoms in total. The lowest BCUT2D eigenvalue weighted by Gasteiger charge is -2.08. The summed E-state index contributed by atoms with van der Waals surface area (Å²) in [7, 11) is 0. The molecule has 130 valence electrons. The van der Waals surface area contributed by atoms with Crippen molar-refractivity contribution >= 4 is 11.5 Å². The van der Waals surface area contributed by atoms with Gasteiger partial charge in [0.2, 0.25) is 0 Å². The van der Waals surface area contributed by atoms with Gasteiger partial charge in [-0.15, -0.1) is 5.10 Å². The minimum absolute atomic E-state index is 0.113. The Bertz CT molecular complexity index is 1080. The topological polar surface area (TPSA) is 55.1 Å². The Morgan fingerprint density at radius 1 is 1.00 bits per heavy atom. The standard InChI is InChI=1S/C18H12F3N5/c19-13-7-12(18(21)14(20)8-13)9-23-16-1-2-17-24-10-15(26(17)25-16)11-3-5-22-6-4-11/h1-8,10H,9H2,(H,23,25). The van der Waals surface area contributed by atoms with Gasteiger partial charge in [0, 0.05) is 36.1 Å². The van der Waals surface area contributed by atoms with Crippen molar-refractivity contribution in [2.24, 2.45) is 0 Å². The van der Waals surface area contributed by atoms with E-state index in [0.29, 0.717) is 17.5 Å². The van der Waals surface area contributed by atoms with Crippen LogP contribution in [-0.2, 0) is 6.54 Å². The number of anilines is 1. The molecule has 0 spiro atoms. The largest absolute Gasteiger partial charge is 0.364 e. The van der Waals surface area contributed by atoms with Crippen molar-refractivity contribution in [1.29, 1.82) is 0 Å². The maximum atomic E-state index is 13.8. The van der Waals surface area contributed by atoms with Crippen molar-refractivity contribution < 1.29 is 13.2 Å². The van der Waals surface area contributed by atoms with Crippen molar-refractivity contribution in [2.75, 3.05) is 5.32 Å². The summed E-state index contributed by atoms with van der Waals surface area (Å²) in [5, 5.41) is 7.29. The summed E-state index contributed by atoms with van der Waals surface area (Å²) in [5.41, 5.74) is 2.15. The fourth-order valence-corrected chi connectivity index (χ4v) is 2.61. The second kappa shape index (κ2) is 6.47. The van der Waals surface area contributed by atoms with E-state index in [-0.39, 0.29) is 12.1 Å². The summed E-state index contributed by atoms with van der Waals surface area (Å²) >= 11 is 0. The first-order valence-corrected chi connectivity index (χ1v) is 7.74. The molecule has 0 saturated heterocycles. The molecule has 0 saturated carbocycles. The maximum Gasteiger partial charge on any atom is 0.164 e. The molecule has 3 heterocycles. The van der Waals surface area contributed by atoms with Gasteiger partial charge in [-0.3, -0.25) is 4.98 Å². The molecule has 0 aliphatic heterocycles. The van der Waals surface area contributed by atoms with E-state index >= 15 is 0 Å². The van der Waals surface area contributed by atoms with Crippen LogP contribution in [0.3, 0.4) is 0 Å². The number of pyridine rings is 1. The summed E-state index contributed by atoms with van der Waals surface area (Å²) in [6.07, 6.45) is 5.01. The second-order valence-corrected chi connectivity index (χ2v) is 5.58. The average molecular weight is 355 g/mol. The third kappa shape index (κ3) is 2.97. The van der Waals surface area contributed by atoms with E-state index in [1.807, 2.05) is 12.1 Å². The monoisotopic (exact) mass is 355 g/mol. The SMILES string of the molecule is Fc1cc(F)c(F)c(CNc2ccc3ncc(-c4ccncc4)n3n2)c1. The Morgan fingerprint density at radius 2 is 1.81 bits per heavy atom. The Kier molecular flexibility index (Phi) is 4.00. The molecule has 0 unspecified atom stereocenters. The van der Waals surface area contributed by atoms with Crippen LogP contribution in [0.25, 0.3) is 16.9 Å². The van der Waals surface area contributed by atoms with Crippen LogP contribution in [0.4, 0.5) is 19.0 Å². The van der Waals surface area contributed by atoms with Crippen LogP contribution in [0, 0.1) is 17.5 Å². The predicted octanol–water partition coefficient (Wildman–Crippen LogP) is 3.82. The van der Waals surface area contributed by atoms with Crippen molar-refractivity contribution in [1.82, 2.24) is 19.6 Å². The van der Waals surface area contributed by atoms with Crippen molar-refractivity contribution in [3.05, 3.63) is 78.0 Å². The van der Waals surface area contributed by atoms with E-state index in [4.69, 9.17) is 0 Å². The van der Waals surface area contributed by atoms with Gasteiger partial charge in [-0.1, -0.05) is 0 Å². The van der Waals surface area contributed by atoms with E-state index in [0.717, 1.165) is 17.3 Å². The number of hydrogen-bond donors (Lipinski definition) is 1. The van der Waals surface area contributed by atoms with Crippen LogP contribution >= 0.6 is 0 Å². The third-order valence-corrected chi connectivity index (χ3v) is 3.87. The lowest BCUT2D eigenvalue weighted by molar-refractivity contribution is 0.486. The van der Waals surface area contributed by atoms with Crippen molar-refractivity contribution in [3.8, 4) is 11.3 Å². The summed E-state index contributed by atoms with van der Waals surface area (Å²) < 4.78 is 41.9. The normalized spacial score (nSPS) is 11.0. The number of benzene rings is 1. The first-order chi connectivity index (χ1) is 12.6. The van der Waals surface area contributed by atoms with E-state index in [1.54, 1.807) is 35.2 Å². The lowest BCUT2D eigenvalue weighted by atomic mass is 10.2. The summed E-state index contributed by atoms with van der Waals surface area (Å²) in [6.45, 7) is -0.113. The van der Waals surface area contributed by atoms with Crippen LogP contribution < -0.4 is 5.32 Å². The molecule has 8 heteroatoms. The number of fused-ring (bicyclic) bond motifs is 1. The van der Waals surface area contributed by atoms with Gasteiger partial charge < -0.3 is 5.32 Å². The van der Waals surface area contributed by atoms with Crippen LogP contribution in [0.15, 0.2) is 55.0 Å². The van der Waals surface area contributed by atoms with Gasteiger partial charge >= 0.3 is 0 Å². The van der Waals surface area contributed by atoms with E-state index in [2.05, 4.69) is 20.4 Å². The highest BCUT2D eigenvalue weighted by Gasteiger charge is 2.12. The number of aromatic nitrogens is 4. The van der Waals surface area contributed by atoms with E-state index in [1.165, 1.54) is 0 Å². The van der Waals surface area contributed by atoms with Crippen LogP contribution in [-0.4, -0.2) is 19.6 Å². The number of nitrogens with one attached hydrogen (secondary N) is 1. The van der Waals surface area contributed by atoms with Crippen molar-refractivity contribution in [3.63, 3.8) is 0 Å². The lowest BCUT2D eigenvalue weighted by Crippen LogP contribution is -2.07. The highest BCUT2D eigenvalue weighted by Crippen LogP contribution is 2.20. The molecule has 0 aliphatic rings. The fourth-order valence-electron chi connectivity index (χ4n) is 2.61. The number of halogens is 3. The van der Waals surface area contributed by atoms with Gasteiger partial charge in [0.25, 0.3) is 0 Å². The molecule has 0 aliphatic carbocycles. The Balaban J connectivity index is 1.64. The summed E-state index contributed by atoms with van der Waals surface area (Å²) in [5.74, 6) is -2.73. The highest BCUT2D eigenvalue weighted by atomic mass is 19.2. The smallest absolute Gasteiger partial charge is 0.164 e. The molecule has 0 radical (unpaired) electrons. The van der Waals surface area contributed by atoms with Gasteiger partial charge in [-0.2, -0.15) is 0 Å². The molecule has 0 atom stereocenters. The third-order valence-electron chi connectivity index (χ3n) is 3.87. The minimum atomic E-state index is -1.22. The van der Waals surface area contributed by atoms with Gasteiger partial charge in [0.15, 0.2) is 17.3 Å². The number of hydrogen-bond acceptors (Lipinski definition) is 4. The molecule has 1 N–H and O–H groups in total. The zero-order valence-electron chi connectivity index (χ0n) is 13.3. The molecule has 3 aromatic heterocycles. The molecule has 0 amide bonds. The van der Waals surface area contributed by atoms with Gasteiger partial charge in [0.05, 0.1) is 11.9 Å². The molecule has 26 heavy (non-hydrogen) atoms. The fraction of sp³-hybridized carbons (Fsp3) is 0.0556. The van der Waals surface area contributed by atoms with Gasteiger partial charge in [-0.05, 0) is 30.3 Å².